The zero-order valence-electron chi connectivity index (χ0n) is 14.5. The lowest BCUT2D eigenvalue weighted by Gasteiger charge is -2.34. The number of rotatable bonds is 14. The van der Waals surface area contributed by atoms with Crippen molar-refractivity contribution in [3.05, 3.63) is 12.7 Å². The summed E-state index contributed by atoms with van der Waals surface area (Å²) in [5.74, 6) is -0.309. The standard InChI is InChI=1S/C18H36NO2/c1-5-8-10-11-12-13-15-19(4,14-9-6-2)16-17-21-18(20)7-3/h7H,3,5-6,8-17H2,1-2,4H3/q+1. The van der Waals surface area contributed by atoms with Crippen LogP contribution >= 0.6 is 0 Å². The van der Waals surface area contributed by atoms with E-state index in [2.05, 4.69) is 27.5 Å². The molecular formula is C18H36NO2+. The molecule has 0 spiro atoms. The van der Waals surface area contributed by atoms with E-state index in [9.17, 15) is 4.79 Å². The molecular weight excluding hydrogens is 262 g/mol. The van der Waals surface area contributed by atoms with Gasteiger partial charge in [-0.2, -0.15) is 0 Å². The van der Waals surface area contributed by atoms with Gasteiger partial charge in [0.1, 0.15) is 13.2 Å². The van der Waals surface area contributed by atoms with E-state index in [-0.39, 0.29) is 5.97 Å². The van der Waals surface area contributed by atoms with Crippen molar-refractivity contribution >= 4 is 5.97 Å². The third-order valence-electron chi connectivity index (χ3n) is 4.15. The average Bonchev–Trinajstić information content (AvgIpc) is 2.48. The Labute approximate surface area is 131 Å². The van der Waals surface area contributed by atoms with Crippen molar-refractivity contribution in [1.29, 1.82) is 0 Å². The third kappa shape index (κ3) is 11.5. The summed E-state index contributed by atoms with van der Waals surface area (Å²) in [4.78, 5) is 11.1. The van der Waals surface area contributed by atoms with Gasteiger partial charge >= 0.3 is 5.97 Å². The molecule has 0 aliphatic heterocycles. The number of carbonyl (C=O) groups is 1. The van der Waals surface area contributed by atoms with Crippen LogP contribution in [0.4, 0.5) is 0 Å². The Bertz CT molecular complexity index is 278. The Kier molecular flexibility index (Phi) is 12.4. The van der Waals surface area contributed by atoms with Crippen LogP contribution < -0.4 is 0 Å². The van der Waals surface area contributed by atoms with E-state index in [0.717, 1.165) is 11.0 Å². The van der Waals surface area contributed by atoms with Gasteiger partial charge in [0.15, 0.2) is 0 Å². The van der Waals surface area contributed by atoms with Gasteiger partial charge in [-0.15, -0.1) is 0 Å². The first-order chi connectivity index (χ1) is 10.1. The third-order valence-corrected chi connectivity index (χ3v) is 4.15. The molecule has 0 amide bonds. The molecule has 1 unspecified atom stereocenters. The molecule has 0 rings (SSSR count). The lowest BCUT2D eigenvalue weighted by Crippen LogP contribution is -2.48. The van der Waals surface area contributed by atoms with Crippen LogP contribution in [0.25, 0.3) is 0 Å². The van der Waals surface area contributed by atoms with E-state index in [1.165, 1.54) is 70.5 Å². The number of quaternary nitrogens is 1. The van der Waals surface area contributed by atoms with Gasteiger partial charge in [0.2, 0.25) is 0 Å². The van der Waals surface area contributed by atoms with Gasteiger partial charge < -0.3 is 9.22 Å². The zero-order valence-corrected chi connectivity index (χ0v) is 14.5. The van der Waals surface area contributed by atoms with E-state index in [4.69, 9.17) is 4.74 Å². The molecule has 0 saturated carbocycles. The summed E-state index contributed by atoms with van der Waals surface area (Å²) in [6.07, 6.45) is 11.7. The van der Waals surface area contributed by atoms with Crippen LogP contribution in [0.1, 0.15) is 65.2 Å². The predicted octanol–water partition coefficient (Wildman–Crippen LogP) is 4.32. The van der Waals surface area contributed by atoms with Crippen molar-refractivity contribution in [3.63, 3.8) is 0 Å². The summed E-state index contributed by atoms with van der Waals surface area (Å²) < 4.78 is 6.17. The van der Waals surface area contributed by atoms with E-state index in [1.54, 1.807) is 0 Å². The van der Waals surface area contributed by atoms with Crippen LogP contribution in [0.5, 0.6) is 0 Å². The fourth-order valence-electron chi connectivity index (χ4n) is 2.57. The lowest BCUT2D eigenvalue weighted by molar-refractivity contribution is -0.910. The minimum atomic E-state index is -0.309. The average molecular weight is 298 g/mol. The highest BCUT2D eigenvalue weighted by Gasteiger charge is 2.20. The molecule has 21 heavy (non-hydrogen) atoms. The predicted molar refractivity (Wildman–Crippen MR) is 90.2 cm³/mol. The zero-order chi connectivity index (χ0) is 16.0. The number of hydrogen-bond donors (Lipinski definition) is 0. The monoisotopic (exact) mass is 298 g/mol. The summed E-state index contributed by atoms with van der Waals surface area (Å²) in [5, 5.41) is 0. The van der Waals surface area contributed by atoms with E-state index < -0.39 is 0 Å². The quantitative estimate of drug-likeness (QED) is 0.207. The van der Waals surface area contributed by atoms with Crippen LogP contribution in [-0.2, 0) is 9.53 Å². The van der Waals surface area contributed by atoms with Crippen molar-refractivity contribution in [2.75, 3.05) is 33.3 Å². The molecule has 0 saturated heterocycles. The highest BCUT2D eigenvalue weighted by Crippen LogP contribution is 2.11. The van der Waals surface area contributed by atoms with Gasteiger partial charge in [0, 0.05) is 6.08 Å². The molecule has 0 fully saturated rings. The topological polar surface area (TPSA) is 26.3 Å². The number of carbonyl (C=O) groups excluding carboxylic acids is 1. The number of nitrogens with zero attached hydrogens (tertiary/aromatic N) is 1. The fourth-order valence-corrected chi connectivity index (χ4v) is 2.57. The SMILES string of the molecule is C=CC(=O)OCC[N+](C)(CCCC)CCCCCCCC. The van der Waals surface area contributed by atoms with Crippen LogP contribution in [-0.4, -0.2) is 43.7 Å². The maximum Gasteiger partial charge on any atom is 0.330 e. The molecule has 3 nitrogen and oxygen atoms in total. The fraction of sp³-hybridized carbons (Fsp3) is 0.833. The van der Waals surface area contributed by atoms with Gasteiger partial charge in [-0.3, -0.25) is 0 Å². The number of hydrogen-bond acceptors (Lipinski definition) is 2. The van der Waals surface area contributed by atoms with Crippen LogP contribution in [0.15, 0.2) is 12.7 Å². The summed E-state index contributed by atoms with van der Waals surface area (Å²) in [6.45, 7) is 11.7. The molecule has 0 heterocycles. The van der Waals surface area contributed by atoms with Gasteiger partial charge in [0.05, 0.1) is 20.1 Å². The first kappa shape index (κ1) is 20.2. The van der Waals surface area contributed by atoms with Gasteiger partial charge in [-0.1, -0.05) is 52.5 Å². The van der Waals surface area contributed by atoms with Gasteiger partial charge in [0.25, 0.3) is 0 Å². The molecule has 124 valence electrons. The summed E-state index contributed by atoms with van der Waals surface area (Å²) >= 11 is 0. The van der Waals surface area contributed by atoms with E-state index in [1.807, 2.05) is 0 Å². The molecule has 0 aliphatic rings. The Morgan fingerprint density at radius 1 is 0.952 bits per heavy atom. The highest BCUT2D eigenvalue weighted by molar-refractivity contribution is 5.81. The van der Waals surface area contributed by atoms with E-state index >= 15 is 0 Å². The van der Waals surface area contributed by atoms with Crippen molar-refractivity contribution in [2.24, 2.45) is 0 Å². The Balaban J connectivity index is 4.02. The van der Waals surface area contributed by atoms with Crippen LogP contribution in [0.2, 0.25) is 0 Å². The van der Waals surface area contributed by atoms with Crippen molar-refractivity contribution in [1.82, 2.24) is 0 Å². The second kappa shape index (κ2) is 12.9. The Hall–Kier alpha value is -0.830. The van der Waals surface area contributed by atoms with Crippen molar-refractivity contribution < 1.29 is 14.0 Å². The van der Waals surface area contributed by atoms with Gasteiger partial charge in [-0.05, 0) is 19.3 Å². The minimum absolute atomic E-state index is 0.309. The molecule has 0 aromatic carbocycles. The maximum absolute atomic E-state index is 11.1. The number of esters is 1. The first-order valence-corrected chi connectivity index (χ1v) is 8.70. The highest BCUT2D eigenvalue weighted by atomic mass is 16.5. The molecule has 0 bridgehead atoms. The number of likely N-dealkylation sites (N-methyl/N-ethyl adjacent to an activating group) is 1. The van der Waals surface area contributed by atoms with Crippen molar-refractivity contribution in [3.8, 4) is 0 Å². The van der Waals surface area contributed by atoms with Crippen LogP contribution in [0.3, 0.4) is 0 Å². The maximum atomic E-state index is 11.1. The molecule has 0 aliphatic carbocycles. The number of unbranched alkanes of at least 4 members (excludes halogenated alkanes) is 6. The Morgan fingerprint density at radius 3 is 2.14 bits per heavy atom. The van der Waals surface area contributed by atoms with Crippen molar-refractivity contribution in [2.45, 2.75) is 65.2 Å². The molecule has 0 aromatic heterocycles. The summed E-state index contributed by atoms with van der Waals surface area (Å²) in [7, 11) is 2.30. The lowest BCUT2D eigenvalue weighted by atomic mass is 10.1. The summed E-state index contributed by atoms with van der Waals surface area (Å²) in [5.41, 5.74) is 0. The molecule has 1 atom stereocenters. The first-order valence-electron chi connectivity index (χ1n) is 8.70. The largest absolute Gasteiger partial charge is 0.457 e. The summed E-state index contributed by atoms with van der Waals surface area (Å²) in [6, 6.07) is 0. The molecule has 0 aromatic rings. The minimum Gasteiger partial charge on any atom is -0.457 e. The second-order valence-electron chi connectivity index (χ2n) is 6.28. The molecule has 0 radical (unpaired) electrons. The van der Waals surface area contributed by atoms with E-state index in [0.29, 0.717) is 6.61 Å². The molecule has 0 N–H and O–H groups in total. The smallest absolute Gasteiger partial charge is 0.330 e. The van der Waals surface area contributed by atoms with Gasteiger partial charge in [-0.25, -0.2) is 4.79 Å². The normalized spacial score (nSPS) is 13.7. The number of ether oxygens (including phenoxy) is 1. The van der Waals surface area contributed by atoms with Crippen LogP contribution in [0, 0.1) is 0 Å². The second-order valence-corrected chi connectivity index (χ2v) is 6.28. The molecule has 3 heteroatoms. The Morgan fingerprint density at radius 2 is 1.52 bits per heavy atom.